The van der Waals surface area contributed by atoms with Crippen LogP contribution < -0.4 is 10.6 Å². The molecule has 2 amide bonds. The van der Waals surface area contributed by atoms with Crippen molar-refractivity contribution < 1.29 is 27.5 Å². The van der Waals surface area contributed by atoms with Crippen molar-refractivity contribution in [3.63, 3.8) is 0 Å². The zero-order chi connectivity index (χ0) is 33.2. The smallest absolute Gasteiger partial charge is 0.271 e. The molecule has 0 spiro atoms. The molecule has 5 rings (SSSR count). The zero-order valence-corrected chi connectivity index (χ0v) is 28.0. The molecule has 0 bridgehead atoms. The van der Waals surface area contributed by atoms with Gasteiger partial charge in [-0.15, -0.1) is 5.10 Å². The number of ether oxygens (including phenoxy) is 1. The summed E-state index contributed by atoms with van der Waals surface area (Å²) in [5, 5.41) is 17.4. The number of aromatic nitrogens is 6. The first-order chi connectivity index (χ1) is 21.9. The molecular formula is C31H43F3N8O3Si. The minimum atomic E-state index is -1.30. The quantitative estimate of drug-likeness (QED) is 0.122. The van der Waals surface area contributed by atoms with Gasteiger partial charge in [-0.25, -0.2) is 23.1 Å². The van der Waals surface area contributed by atoms with Crippen LogP contribution in [-0.4, -0.2) is 75.6 Å². The molecule has 2 fully saturated rings. The number of aryl methyl sites for hydroxylation is 1. The van der Waals surface area contributed by atoms with E-state index >= 15 is 4.39 Å². The summed E-state index contributed by atoms with van der Waals surface area (Å²) in [7, 11) is -1.24. The normalized spacial score (nSPS) is 15.9. The van der Waals surface area contributed by atoms with Crippen molar-refractivity contribution in [2.45, 2.75) is 84.0 Å². The van der Waals surface area contributed by atoms with E-state index in [1.807, 2.05) is 6.92 Å². The number of amides is 2. The van der Waals surface area contributed by atoms with Gasteiger partial charge in [-0.3, -0.25) is 9.59 Å². The van der Waals surface area contributed by atoms with Crippen LogP contribution in [0.15, 0.2) is 18.3 Å². The Morgan fingerprint density at radius 1 is 1.09 bits per heavy atom. The second-order valence-corrected chi connectivity index (χ2v) is 19.3. The molecular weight excluding hydrogens is 617 g/mol. The van der Waals surface area contributed by atoms with E-state index in [2.05, 4.69) is 50.7 Å². The van der Waals surface area contributed by atoms with Crippen LogP contribution in [0, 0.1) is 37.5 Å². The molecule has 0 unspecified atom stereocenters. The molecule has 0 aliphatic heterocycles. The molecule has 11 nitrogen and oxygen atoms in total. The van der Waals surface area contributed by atoms with E-state index in [9.17, 15) is 18.4 Å². The van der Waals surface area contributed by atoms with Crippen LogP contribution in [0.5, 0.6) is 0 Å². The average molecular weight is 661 g/mol. The molecule has 250 valence electrons. The van der Waals surface area contributed by atoms with Crippen molar-refractivity contribution in [3.8, 4) is 11.1 Å². The number of rotatable bonds is 16. The fraction of sp³-hybridized carbons (Fsp3) is 0.613. The number of nitrogens with one attached hydrogen (secondary N) is 2. The number of carbonyl (C=O) groups excluding carboxylic acids is 2. The zero-order valence-electron chi connectivity index (χ0n) is 27.0. The largest absolute Gasteiger partial charge is 0.360 e. The summed E-state index contributed by atoms with van der Waals surface area (Å²) in [6, 6.07) is 1.82. The summed E-state index contributed by atoms with van der Waals surface area (Å²) in [5.41, 5.74) is 2.06. The third-order valence-corrected chi connectivity index (χ3v) is 10.5. The summed E-state index contributed by atoms with van der Waals surface area (Å²) in [6.07, 6.45) is 4.85. The molecule has 0 aromatic carbocycles. The van der Waals surface area contributed by atoms with E-state index in [0.717, 1.165) is 48.3 Å². The second kappa shape index (κ2) is 14.0. The fourth-order valence-corrected chi connectivity index (χ4v) is 6.68. The van der Waals surface area contributed by atoms with Crippen molar-refractivity contribution in [3.05, 3.63) is 41.4 Å². The Morgan fingerprint density at radius 3 is 2.35 bits per heavy atom. The second-order valence-electron chi connectivity index (χ2n) is 13.6. The van der Waals surface area contributed by atoms with E-state index in [4.69, 9.17) is 4.74 Å². The minimum Gasteiger partial charge on any atom is -0.360 e. The number of halogens is 3. The van der Waals surface area contributed by atoms with Crippen LogP contribution in [0.2, 0.25) is 25.7 Å². The lowest BCUT2D eigenvalue weighted by Gasteiger charge is -2.27. The average Bonchev–Trinajstić information content (AvgIpc) is 3.94. The molecule has 3 aromatic rings. The number of carbonyl (C=O) groups is 2. The van der Waals surface area contributed by atoms with Crippen molar-refractivity contribution in [2.75, 3.05) is 25.3 Å². The molecule has 2 aliphatic rings. The first kappa shape index (κ1) is 33.8. The van der Waals surface area contributed by atoms with Crippen LogP contribution in [-0.2, 0) is 16.3 Å². The molecule has 3 heterocycles. The molecule has 0 radical (unpaired) electrons. The Labute approximate surface area is 267 Å². The molecule has 15 heteroatoms. The maximum atomic E-state index is 15.5. The van der Waals surface area contributed by atoms with Gasteiger partial charge in [0.15, 0.2) is 0 Å². The number of hydrogen-bond donors (Lipinski definition) is 2. The maximum absolute atomic E-state index is 15.5. The SMILES string of the molecule is Cc1nn(COCC[Si](C)(C)C)c(C)c1-c1ccc(NC(=O)[C@@H](NC(=O)c2cnnn2C(CF)CF)C(C2CC2)C2CC2)nc1F. The first-order valence-electron chi connectivity index (χ1n) is 15.8. The highest BCUT2D eigenvalue weighted by molar-refractivity contribution is 6.76. The highest BCUT2D eigenvalue weighted by Crippen LogP contribution is 2.51. The van der Waals surface area contributed by atoms with Gasteiger partial charge in [0.25, 0.3) is 5.91 Å². The number of alkyl halides is 2. The highest BCUT2D eigenvalue weighted by Gasteiger charge is 2.48. The summed E-state index contributed by atoms with van der Waals surface area (Å²) < 4.78 is 50.8. The van der Waals surface area contributed by atoms with Crippen molar-refractivity contribution >= 4 is 25.7 Å². The van der Waals surface area contributed by atoms with Crippen molar-refractivity contribution in [2.24, 2.45) is 17.8 Å². The van der Waals surface area contributed by atoms with Gasteiger partial charge in [-0.1, -0.05) is 24.9 Å². The van der Waals surface area contributed by atoms with E-state index in [-0.39, 0.29) is 41.6 Å². The van der Waals surface area contributed by atoms with Crippen LogP contribution in [0.4, 0.5) is 19.0 Å². The van der Waals surface area contributed by atoms with E-state index in [1.165, 1.54) is 6.07 Å². The maximum Gasteiger partial charge on any atom is 0.271 e. The molecule has 0 saturated heterocycles. The molecule has 46 heavy (non-hydrogen) atoms. The molecule has 1 atom stereocenters. The summed E-state index contributed by atoms with van der Waals surface area (Å²) in [5.74, 6) is -1.67. The summed E-state index contributed by atoms with van der Waals surface area (Å²) in [4.78, 5) is 31.1. The lowest BCUT2D eigenvalue weighted by Crippen LogP contribution is -2.50. The van der Waals surface area contributed by atoms with Crippen LogP contribution >= 0.6 is 0 Å². The fourth-order valence-electron chi connectivity index (χ4n) is 5.93. The van der Waals surface area contributed by atoms with Gasteiger partial charge in [0, 0.05) is 31.5 Å². The molecule has 2 saturated carbocycles. The molecule has 3 aromatic heterocycles. The Balaban J connectivity index is 1.32. The van der Waals surface area contributed by atoms with Gasteiger partial charge in [0.1, 0.15) is 43.7 Å². The molecule has 2 aliphatic carbocycles. The van der Waals surface area contributed by atoms with E-state index in [0.29, 0.717) is 17.9 Å². The third kappa shape index (κ3) is 7.85. The van der Waals surface area contributed by atoms with Crippen molar-refractivity contribution in [1.29, 1.82) is 0 Å². The Bertz CT molecular complexity index is 1530. The molecule has 2 N–H and O–H groups in total. The van der Waals surface area contributed by atoms with Crippen LogP contribution in [0.3, 0.4) is 0 Å². The predicted octanol–water partition coefficient (Wildman–Crippen LogP) is 5.26. The van der Waals surface area contributed by atoms with E-state index < -0.39 is 51.3 Å². The summed E-state index contributed by atoms with van der Waals surface area (Å²) >= 11 is 0. The predicted molar refractivity (Wildman–Crippen MR) is 169 cm³/mol. The number of pyridine rings is 1. The van der Waals surface area contributed by atoms with Crippen LogP contribution in [0.1, 0.15) is 53.6 Å². The van der Waals surface area contributed by atoms with Gasteiger partial charge in [0.2, 0.25) is 11.9 Å². The Morgan fingerprint density at radius 2 is 1.76 bits per heavy atom. The van der Waals surface area contributed by atoms with Crippen LogP contribution in [0.25, 0.3) is 11.1 Å². The van der Waals surface area contributed by atoms with Gasteiger partial charge < -0.3 is 15.4 Å². The van der Waals surface area contributed by atoms with Gasteiger partial charge >= 0.3 is 0 Å². The highest BCUT2D eigenvalue weighted by atomic mass is 28.3. The summed E-state index contributed by atoms with van der Waals surface area (Å²) in [6.45, 7) is 9.23. The first-order valence-corrected chi connectivity index (χ1v) is 19.5. The van der Waals surface area contributed by atoms with E-state index in [1.54, 1.807) is 17.7 Å². The Hall–Kier alpha value is -3.59. The van der Waals surface area contributed by atoms with Gasteiger partial charge in [0.05, 0.1) is 11.9 Å². The lowest BCUT2D eigenvalue weighted by molar-refractivity contribution is -0.119. The minimum absolute atomic E-state index is 0.00477. The lowest BCUT2D eigenvalue weighted by atomic mass is 9.88. The number of nitrogens with zero attached hydrogens (tertiary/aromatic N) is 6. The number of anilines is 1. The monoisotopic (exact) mass is 660 g/mol. The third-order valence-electron chi connectivity index (χ3n) is 8.76. The standard InChI is InChI=1S/C31H43F3N8O3Si/c1-18-26(19(2)41(39-18)17-45-12-13-46(3,4)5)23-10-11-25(36-29(23)34)37-31(44)28(27(20-6-7-20)21-8-9-21)38-30(43)24-16-35-40-42(24)22(14-32)15-33/h10-11,16,20-22,27-28H,6-9,12-15,17H2,1-5H3,(H,38,43)(H,36,37,44)/t28-/m0/s1. The van der Waals surface area contributed by atoms with Gasteiger partial charge in [-0.05, 0) is 75.5 Å². The Kier molecular flexibility index (Phi) is 10.3. The van der Waals surface area contributed by atoms with Crippen molar-refractivity contribution in [1.82, 2.24) is 35.1 Å². The number of hydrogen-bond acceptors (Lipinski definition) is 7. The van der Waals surface area contributed by atoms with Gasteiger partial charge in [-0.2, -0.15) is 9.49 Å². The topological polar surface area (TPSA) is 129 Å².